The minimum Gasteiger partial charge on any atom is -0.376 e. The highest BCUT2D eigenvalue weighted by molar-refractivity contribution is 7.88. The van der Waals surface area contributed by atoms with Crippen LogP contribution in [0.15, 0.2) is 24.4 Å². The van der Waals surface area contributed by atoms with E-state index in [1.807, 2.05) is 24.4 Å². The largest absolute Gasteiger partial charge is 0.376 e. The maximum atomic E-state index is 11.2. The molecular formula is C14H21N3O3S. The average molecular weight is 311 g/mol. The summed E-state index contributed by atoms with van der Waals surface area (Å²) in [4.78, 5) is 6.69. The number of aromatic nitrogens is 1. The molecule has 0 unspecified atom stereocenters. The van der Waals surface area contributed by atoms with Gasteiger partial charge in [0.25, 0.3) is 0 Å². The number of rotatable bonds is 4. The lowest BCUT2D eigenvalue weighted by molar-refractivity contribution is 0.0930. The number of sulfonamides is 1. The predicted molar refractivity (Wildman–Crippen MR) is 80.6 cm³/mol. The highest BCUT2D eigenvalue weighted by atomic mass is 32.2. The van der Waals surface area contributed by atoms with Crippen LogP contribution in [0, 0.1) is 11.8 Å². The van der Waals surface area contributed by atoms with Gasteiger partial charge >= 0.3 is 0 Å². The van der Waals surface area contributed by atoms with E-state index in [2.05, 4.69) is 14.6 Å². The molecule has 1 aromatic heterocycles. The minimum atomic E-state index is -3.15. The molecule has 3 atom stereocenters. The fourth-order valence-corrected chi connectivity index (χ4v) is 3.75. The molecule has 0 radical (unpaired) electrons. The number of ether oxygens (including phenoxy) is 1. The van der Waals surface area contributed by atoms with Gasteiger partial charge in [0.1, 0.15) is 5.82 Å². The van der Waals surface area contributed by atoms with Gasteiger partial charge in [0.2, 0.25) is 10.0 Å². The standard InChI is InChI=1S/C14H21N3O3S/c1-21(18,19)16-8-13-12-5-7-17(9-11(12)10-20-13)14-4-2-3-6-15-14/h2-4,6,11-13,16H,5,7-10H2,1H3/t11-,12-,13-/m0/s1. The monoisotopic (exact) mass is 311 g/mol. The van der Waals surface area contributed by atoms with E-state index in [9.17, 15) is 8.42 Å². The molecule has 0 spiro atoms. The molecule has 2 aliphatic heterocycles. The number of nitrogens with zero attached hydrogens (tertiary/aromatic N) is 2. The highest BCUT2D eigenvalue weighted by Crippen LogP contribution is 2.35. The Bertz CT molecular complexity index is 578. The van der Waals surface area contributed by atoms with E-state index < -0.39 is 10.0 Å². The quantitative estimate of drug-likeness (QED) is 0.875. The van der Waals surface area contributed by atoms with E-state index in [1.54, 1.807) is 0 Å². The summed E-state index contributed by atoms with van der Waals surface area (Å²) < 4.78 is 30.8. The number of fused-ring (bicyclic) bond motifs is 1. The molecule has 1 aromatic rings. The second kappa shape index (κ2) is 5.90. The lowest BCUT2D eigenvalue weighted by atomic mass is 9.84. The van der Waals surface area contributed by atoms with Gasteiger partial charge in [-0.25, -0.2) is 18.1 Å². The lowest BCUT2D eigenvalue weighted by Gasteiger charge is -2.36. The Balaban J connectivity index is 1.60. The van der Waals surface area contributed by atoms with Crippen LogP contribution in [0.5, 0.6) is 0 Å². The van der Waals surface area contributed by atoms with E-state index in [-0.39, 0.29) is 6.10 Å². The van der Waals surface area contributed by atoms with Gasteiger partial charge in [-0.15, -0.1) is 0 Å². The molecule has 7 heteroatoms. The van der Waals surface area contributed by atoms with Gasteiger partial charge in [0.15, 0.2) is 0 Å². The third kappa shape index (κ3) is 3.53. The molecule has 3 rings (SSSR count). The third-order valence-corrected chi connectivity index (χ3v) is 5.01. The number of hydrogen-bond donors (Lipinski definition) is 1. The van der Waals surface area contributed by atoms with Crippen molar-refractivity contribution in [1.82, 2.24) is 9.71 Å². The SMILES string of the molecule is CS(=O)(=O)NC[C@@H]1OC[C@@H]2CN(c3ccccn3)CC[C@@H]21. The van der Waals surface area contributed by atoms with Crippen LogP contribution >= 0.6 is 0 Å². The Kier molecular flexibility index (Phi) is 4.14. The van der Waals surface area contributed by atoms with Crippen molar-refractivity contribution >= 4 is 15.8 Å². The summed E-state index contributed by atoms with van der Waals surface area (Å²) in [5, 5.41) is 0. The molecule has 6 nitrogen and oxygen atoms in total. The predicted octanol–water partition coefficient (Wildman–Crippen LogP) is 0.472. The topological polar surface area (TPSA) is 71.5 Å². The van der Waals surface area contributed by atoms with Crippen LogP contribution in [-0.2, 0) is 14.8 Å². The second-order valence-corrected chi connectivity index (χ2v) is 7.67. The second-order valence-electron chi connectivity index (χ2n) is 5.84. The van der Waals surface area contributed by atoms with E-state index in [0.29, 0.717) is 25.0 Å². The summed E-state index contributed by atoms with van der Waals surface area (Å²) in [5.74, 6) is 1.89. The number of nitrogens with one attached hydrogen (secondary N) is 1. The van der Waals surface area contributed by atoms with Crippen molar-refractivity contribution in [2.24, 2.45) is 11.8 Å². The molecule has 0 saturated carbocycles. The van der Waals surface area contributed by atoms with Crippen LogP contribution in [0.1, 0.15) is 6.42 Å². The summed E-state index contributed by atoms with van der Waals surface area (Å²) in [5.41, 5.74) is 0. The van der Waals surface area contributed by atoms with Crippen molar-refractivity contribution in [2.75, 3.05) is 37.4 Å². The Labute approximate surface area is 125 Å². The molecule has 0 bridgehead atoms. The number of hydrogen-bond acceptors (Lipinski definition) is 5. The molecule has 2 saturated heterocycles. The molecule has 2 aliphatic rings. The zero-order chi connectivity index (χ0) is 14.9. The summed E-state index contributed by atoms with van der Waals surface area (Å²) in [6.45, 7) is 2.95. The molecule has 0 aliphatic carbocycles. The Morgan fingerprint density at radius 3 is 3.05 bits per heavy atom. The molecule has 0 amide bonds. The molecular weight excluding hydrogens is 290 g/mol. The van der Waals surface area contributed by atoms with Gasteiger partial charge in [-0.1, -0.05) is 6.07 Å². The first-order valence-corrected chi connectivity index (χ1v) is 9.14. The summed E-state index contributed by atoms with van der Waals surface area (Å²) >= 11 is 0. The van der Waals surface area contributed by atoms with Crippen LogP contribution < -0.4 is 9.62 Å². The smallest absolute Gasteiger partial charge is 0.208 e. The van der Waals surface area contributed by atoms with Gasteiger partial charge in [0, 0.05) is 31.7 Å². The summed E-state index contributed by atoms with van der Waals surface area (Å²) in [6, 6.07) is 5.94. The highest BCUT2D eigenvalue weighted by Gasteiger charge is 2.41. The van der Waals surface area contributed by atoms with E-state index in [1.165, 1.54) is 6.26 Å². The maximum absolute atomic E-state index is 11.2. The van der Waals surface area contributed by atoms with Crippen molar-refractivity contribution in [3.05, 3.63) is 24.4 Å². The molecule has 116 valence electrons. The minimum absolute atomic E-state index is 0.00407. The fraction of sp³-hybridized carbons (Fsp3) is 0.643. The Morgan fingerprint density at radius 2 is 2.33 bits per heavy atom. The van der Waals surface area contributed by atoms with Crippen LogP contribution in [-0.4, -0.2) is 52.0 Å². The normalized spacial score (nSPS) is 29.4. The van der Waals surface area contributed by atoms with Gasteiger partial charge in [-0.05, 0) is 24.5 Å². The summed E-state index contributed by atoms with van der Waals surface area (Å²) in [6.07, 6.45) is 4.00. The van der Waals surface area contributed by atoms with E-state index in [0.717, 1.165) is 25.3 Å². The zero-order valence-corrected chi connectivity index (χ0v) is 12.9. The zero-order valence-electron chi connectivity index (χ0n) is 12.1. The first-order valence-electron chi connectivity index (χ1n) is 7.25. The Hall–Kier alpha value is -1.18. The van der Waals surface area contributed by atoms with Gasteiger partial charge < -0.3 is 9.64 Å². The first-order chi connectivity index (χ1) is 10.0. The van der Waals surface area contributed by atoms with Crippen molar-refractivity contribution < 1.29 is 13.2 Å². The van der Waals surface area contributed by atoms with Crippen LogP contribution in [0.4, 0.5) is 5.82 Å². The molecule has 21 heavy (non-hydrogen) atoms. The molecule has 0 aromatic carbocycles. The van der Waals surface area contributed by atoms with Gasteiger partial charge in [-0.2, -0.15) is 0 Å². The van der Waals surface area contributed by atoms with Crippen LogP contribution in [0.2, 0.25) is 0 Å². The van der Waals surface area contributed by atoms with E-state index >= 15 is 0 Å². The van der Waals surface area contributed by atoms with Crippen LogP contribution in [0.25, 0.3) is 0 Å². The van der Waals surface area contributed by atoms with Crippen molar-refractivity contribution in [2.45, 2.75) is 12.5 Å². The van der Waals surface area contributed by atoms with Gasteiger partial charge in [0.05, 0.1) is 19.0 Å². The maximum Gasteiger partial charge on any atom is 0.208 e. The third-order valence-electron chi connectivity index (χ3n) is 4.31. The number of pyridine rings is 1. The van der Waals surface area contributed by atoms with Crippen molar-refractivity contribution in [1.29, 1.82) is 0 Å². The van der Waals surface area contributed by atoms with Gasteiger partial charge in [-0.3, -0.25) is 0 Å². The number of anilines is 1. The Morgan fingerprint density at radius 1 is 1.48 bits per heavy atom. The molecule has 2 fully saturated rings. The molecule has 3 heterocycles. The van der Waals surface area contributed by atoms with Crippen LogP contribution in [0.3, 0.4) is 0 Å². The van der Waals surface area contributed by atoms with Crippen molar-refractivity contribution in [3.8, 4) is 0 Å². The summed E-state index contributed by atoms with van der Waals surface area (Å²) in [7, 11) is -3.15. The molecule has 1 N–H and O–H groups in total. The average Bonchev–Trinajstić information content (AvgIpc) is 2.87. The van der Waals surface area contributed by atoms with E-state index in [4.69, 9.17) is 4.74 Å². The van der Waals surface area contributed by atoms with Crippen molar-refractivity contribution in [3.63, 3.8) is 0 Å². The lowest BCUT2D eigenvalue weighted by Crippen LogP contribution is -2.44. The number of piperidine rings is 1. The first kappa shape index (κ1) is 14.7. The fourth-order valence-electron chi connectivity index (χ4n) is 3.28.